The van der Waals surface area contributed by atoms with Crippen molar-refractivity contribution in [3.8, 4) is 0 Å². The minimum Gasteiger partial charge on any atom is -0.394 e. The number of rotatable bonds is 68. The molecule has 2 fully saturated rings. The highest BCUT2D eigenvalue weighted by molar-refractivity contribution is 5.76. The highest BCUT2D eigenvalue weighted by atomic mass is 16.7. The molecule has 0 spiro atoms. The first kappa shape index (κ1) is 89.0. The maximum atomic E-state index is 13.4. The Bertz CT molecular complexity index is 1780. The van der Waals surface area contributed by atoms with E-state index in [4.69, 9.17) is 18.9 Å². The first-order valence-corrected chi connectivity index (χ1v) is 40.4. The summed E-state index contributed by atoms with van der Waals surface area (Å²) in [6.45, 7) is 2.81. The summed E-state index contributed by atoms with van der Waals surface area (Å²) in [5.41, 5.74) is 0. The van der Waals surface area contributed by atoms with Crippen LogP contribution in [0.25, 0.3) is 0 Å². The Morgan fingerprint density at radius 1 is 0.389 bits per heavy atom. The summed E-state index contributed by atoms with van der Waals surface area (Å²) in [6.07, 6.45) is 70.2. The van der Waals surface area contributed by atoms with Crippen LogP contribution in [0.4, 0.5) is 0 Å². The average Bonchev–Trinajstić information content (AvgIpc) is 0.801. The van der Waals surface area contributed by atoms with Gasteiger partial charge in [0.15, 0.2) is 12.6 Å². The van der Waals surface area contributed by atoms with E-state index in [0.717, 1.165) is 77.0 Å². The summed E-state index contributed by atoms with van der Waals surface area (Å²) in [6, 6.07) is -0.828. The monoisotopic (exact) mass is 1350 g/mol. The molecule has 0 bridgehead atoms. The number of nitrogens with one attached hydrogen (secondary N) is 1. The lowest BCUT2D eigenvalue weighted by molar-refractivity contribution is -0.359. The van der Waals surface area contributed by atoms with Crippen LogP contribution in [-0.4, -0.2) is 140 Å². The molecule has 0 aromatic carbocycles. The van der Waals surface area contributed by atoms with Crippen molar-refractivity contribution in [2.24, 2.45) is 0 Å². The highest BCUT2D eigenvalue weighted by Gasteiger charge is 2.51. The topological polar surface area (TPSA) is 228 Å². The second-order valence-electron chi connectivity index (χ2n) is 28.5. The Balaban J connectivity index is 1.56. The van der Waals surface area contributed by atoms with Gasteiger partial charge in [0, 0.05) is 6.42 Å². The van der Waals surface area contributed by atoms with Gasteiger partial charge in [-0.2, -0.15) is 0 Å². The third-order valence-electron chi connectivity index (χ3n) is 19.8. The third kappa shape index (κ3) is 48.4. The van der Waals surface area contributed by atoms with Gasteiger partial charge in [0.05, 0.1) is 32.0 Å². The van der Waals surface area contributed by atoms with E-state index in [1.54, 1.807) is 0 Å². The molecular formula is C81H151NO13. The molecule has 2 heterocycles. The Hall–Kier alpha value is -2.05. The van der Waals surface area contributed by atoms with Crippen molar-refractivity contribution in [2.45, 2.75) is 441 Å². The van der Waals surface area contributed by atoms with E-state index in [1.165, 1.54) is 263 Å². The first-order chi connectivity index (χ1) is 46.6. The zero-order chi connectivity index (χ0) is 68.7. The number of hydrogen-bond donors (Lipinski definition) is 9. The second kappa shape index (κ2) is 65.3. The Morgan fingerprint density at radius 3 is 1.12 bits per heavy atom. The Morgan fingerprint density at radius 2 is 0.726 bits per heavy atom. The molecule has 14 heteroatoms. The van der Waals surface area contributed by atoms with E-state index in [2.05, 4.69) is 67.8 Å². The molecule has 2 aliphatic rings. The number of amides is 1. The molecule has 2 saturated heterocycles. The van der Waals surface area contributed by atoms with Crippen LogP contribution >= 0.6 is 0 Å². The molecule has 2 aliphatic heterocycles. The van der Waals surface area contributed by atoms with Crippen molar-refractivity contribution in [3.05, 3.63) is 48.6 Å². The van der Waals surface area contributed by atoms with E-state index in [1.807, 2.05) is 0 Å². The molecular weight excluding hydrogens is 1190 g/mol. The summed E-state index contributed by atoms with van der Waals surface area (Å²) in [7, 11) is 0. The van der Waals surface area contributed by atoms with E-state index in [0.29, 0.717) is 12.8 Å². The van der Waals surface area contributed by atoms with Gasteiger partial charge in [-0.1, -0.05) is 358 Å². The van der Waals surface area contributed by atoms with Crippen LogP contribution in [0.2, 0.25) is 0 Å². The predicted molar refractivity (Wildman–Crippen MR) is 392 cm³/mol. The number of ether oxygens (including phenoxy) is 4. The molecule has 558 valence electrons. The fraction of sp³-hybridized carbons (Fsp3) is 0.889. The lowest BCUT2D eigenvalue weighted by Gasteiger charge is -2.46. The quantitative estimate of drug-likeness (QED) is 0.0204. The van der Waals surface area contributed by atoms with Crippen molar-refractivity contribution in [3.63, 3.8) is 0 Å². The van der Waals surface area contributed by atoms with Crippen LogP contribution in [0, 0.1) is 0 Å². The van der Waals surface area contributed by atoms with Gasteiger partial charge in [-0.25, -0.2) is 0 Å². The fourth-order valence-corrected chi connectivity index (χ4v) is 13.5. The normalized spacial score (nSPS) is 22.5. The number of aliphatic hydroxyl groups excluding tert-OH is 8. The number of hydrogen-bond acceptors (Lipinski definition) is 13. The smallest absolute Gasteiger partial charge is 0.220 e. The van der Waals surface area contributed by atoms with Gasteiger partial charge in [0.2, 0.25) is 5.91 Å². The van der Waals surface area contributed by atoms with Gasteiger partial charge in [0.1, 0.15) is 48.8 Å². The van der Waals surface area contributed by atoms with Gasteiger partial charge in [0.25, 0.3) is 0 Å². The molecule has 12 atom stereocenters. The minimum atomic E-state index is -1.78. The largest absolute Gasteiger partial charge is 0.394 e. The molecule has 12 unspecified atom stereocenters. The Kier molecular flexibility index (Phi) is 61.2. The van der Waals surface area contributed by atoms with Crippen molar-refractivity contribution in [1.82, 2.24) is 5.32 Å². The average molecular weight is 1350 g/mol. The van der Waals surface area contributed by atoms with Crippen molar-refractivity contribution in [2.75, 3.05) is 19.8 Å². The van der Waals surface area contributed by atoms with Gasteiger partial charge in [-0.15, -0.1) is 0 Å². The van der Waals surface area contributed by atoms with E-state index in [-0.39, 0.29) is 12.5 Å². The van der Waals surface area contributed by atoms with Crippen LogP contribution in [-0.2, 0) is 23.7 Å². The fourth-order valence-electron chi connectivity index (χ4n) is 13.5. The molecule has 0 radical (unpaired) electrons. The van der Waals surface area contributed by atoms with Crippen molar-refractivity contribution in [1.29, 1.82) is 0 Å². The summed E-state index contributed by atoms with van der Waals surface area (Å²) in [5, 5.41) is 87.8. The molecule has 0 aliphatic carbocycles. The molecule has 2 rings (SSSR count). The number of carbonyl (C=O) groups is 1. The van der Waals surface area contributed by atoms with Gasteiger partial charge in [-0.05, 0) is 51.4 Å². The molecule has 1 amide bonds. The van der Waals surface area contributed by atoms with Gasteiger partial charge >= 0.3 is 0 Å². The molecule has 0 saturated carbocycles. The third-order valence-corrected chi connectivity index (χ3v) is 19.8. The van der Waals surface area contributed by atoms with Crippen molar-refractivity contribution < 1.29 is 64.6 Å². The molecule has 0 aromatic heterocycles. The molecule has 9 N–H and O–H groups in total. The lowest BCUT2D eigenvalue weighted by atomic mass is 9.97. The van der Waals surface area contributed by atoms with E-state index >= 15 is 0 Å². The van der Waals surface area contributed by atoms with Gasteiger partial charge < -0.3 is 65.1 Å². The van der Waals surface area contributed by atoms with Crippen LogP contribution in [0.3, 0.4) is 0 Å². The van der Waals surface area contributed by atoms with E-state index < -0.39 is 86.8 Å². The van der Waals surface area contributed by atoms with Crippen LogP contribution in [0.15, 0.2) is 48.6 Å². The first-order valence-electron chi connectivity index (χ1n) is 40.4. The summed E-state index contributed by atoms with van der Waals surface area (Å²) >= 11 is 0. The zero-order valence-corrected chi connectivity index (χ0v) is 61.2. The maximum absolute atomic E-state index is 13.4. The Labute approximate surface area is 582 Å². The maximum Gasteiger partial charge on any atom is 0.220 e. The van der Waals surface area contributed by atoms with Crippen LogP contribution < -0.4 is 5.32 Å². The number of aliphatic hydroxyl groups is 8. The predicted octanol–water partition coefficient (Wildman–Crippen LogP) is 18.2. The molecule has 14 nitrogen and oxygen atoms in total. The standard InChI is InChI=1S/C81H151NO13/c1-3-5-7-9-11-13-15-17-19-21-23-25-27-28-29-30-31-32-33-34-35-36-37-38-39-40-41-42-43-45-47-49-51-53-55-57-59-61-63-65-73(86)82-69(68-92-80-78(91)76(89)79(72(67-84)94-80)95-81-77(90)75(88)74(87)71(66-83)93-81)70(85)64-62-60-58-56-54-52-50-48-46-44-26-24-22-20-18-16-14-12-10-8-6-4-2/h5,7,11,13,17,19,23,25,69-72,74-81,83-85,87-91H,3-4,6,8-10,12,14-16,18,20-22,24,26-68H2,1-2H3,(H,82,86)/b7-5-,13-11-,19-17-,25-23-. The van der Waals surface area contributed by atoms with Crippen LogP contribution in [0.5, 0.6) is 0 Å². The highest BCUT2D eigenvalue weighted by Crippen LogP contribution is 2.30. The summed E-state index contributed by atoms with van der Waals surface area (Å²) in [4.78, 5) is 13.4. The molecule has 95 heavy (non-hydrogen) atoms. The number of allylic oxidation sites excluding steroid dienone is 8. The summed E-state index contributed by atoms with van der Waals surface area (Å²) in [5.74, 6) is -0.198. The second-order valence-corrected chi connectivity index (χ2v) is 28.5. The van der Waals surface area contributed by atoms with Gasteiger partial charge in [-0.3, -0.25) is 4.79 Å². The van der Waals surface area contributed by atoms with Crippen LogP contribution in [0.1, 0.15) is 367 Å². The number of unbranched alkanes of at least 4 members (excludes halogenated alkanes) is 47. The lowest BCUT2D eigenvalue weighted by Crippen LogP contribution is -2.65. The van der Waals surface area contributed by atoms with E-state index in [9.17, 15) is 45.6 Å². The number of carbonyl (C=O) groups excluding carboxylic acids is 1. The minimum absolute atomic E-state index is 0.198. The van der Waals surface area contributed by atoms with Crippen molar-refractivity contribution >= 4 is 5.91 Å². The zero-order valence-electron chi connectivity index (χ0n) is 61.2. The summed E-state index contributed by atoms with van der Waals surface area (Å²) < 4.78 is 23.0. The SMILES string of the molecule is CC/C=C\C/C=C\C/C=C\C/C=C\CCCCCCCCCCCCCCCCCCCCCCCCCCCCC(=O)NC(COC1OC(CO)C(OC2OC(CO)C(O)C(O)C2O)C(O)C1O)C(O)CCCCCCCCCCCCCCCCCCCCCCCC. The molecule has 0 aromatic rings.